The first-order chi connectivity index (χ1) is 13.2. The highest BCUT2D eigenvalue weighted by Gasteiger charge is 2.31. The number of hydrogen-bond donors (Lipinski definition) is 1. The number of carbonyl (C=O) groups excluding carboxylic acids is 1. The zero-order chi connectivity index (χ0) is 18.8. The van der Waals surface area contributed by atoms with Crippen LogP contribution < -0.4 is 14.8 Å². The molecule has 0 radical (unpaired) electrons. The summed E-state index contributed by atoms with van der Waals surface area (Å²) < 4.78 is 12.1. The first-order valence-corrected chi connectivity index (χ1v) is 10.0. The van der Waals surface area contributed by atoms with Crippen molar-refractivity contribution in [2.75, 3.05) is 13.2 Å². The minimum atomic E-state index is 0.0517. The molecular formula is C23H27NO3. The fourth-order valence-corrected chi connectivity index (χ4v) is 4.04. The Morgan fingerprint density at radius 3 is 2.81 bits per heavy atom. The number of ether oxygens (including phenoxy) is 2. The normalized spacial score (nSPS) is 19.3. The molecular weight excluding hydrogens is 338 g/mol. The van der Waals surface area contributed by atoms with Crippen LogP contribution in [0.1, 0.15) is 55.5 Å². The lowest BCUT2D eigenvalue weighted by molar-refractivity contribution is 0.104. The predicted molar refractivity (Wildman–Crippen MR) is 107 cm³/mol. The average molecular weight is 365 g/mol. The van der Waals surface area contributed by atoms with Gasteiger partial charge in [0.05, 0.1) is 6.61 Å². The second-order valence-corrected chi connectivity index (χ2v) is 7.44. The van der Waals surface area contributed by atoms with Gasteiger partial charge < -0.3 is 14.8 Å². The van der Waals surface area contributed by atoms with Gasteiger partial charge in [-0.05, 0) is 62.6 Å². The summed E-state index contributed by atoms with van der Waals surface area (Å²) in [6, 6.07) is 11.9. The zero-order valence-electron chi connectivity index (χ0n) is 16.1. The van der Waals surface area contributed by atoms with Gasteiger partial charge in [0.25, 0.3) is 0 Å². The van der Waals surface area contributed by atoms with E-state index >= 15 is 0 Å². The van der Waals surface area contributed by atoms with Crippen LogP contribution in [0.3, 0.4) is 0 Å². The van der Waals surface area contributed by atoms with E-state index in [4.69, 9.17) is 9.47 Å². The van der Waals surface area contributed by atoms with E-state index in [2.05, 4.69) is 19.2 Å². The van der Waals surface area contributed by atoms with E-state index in [1.165, 1.54) is 12.8 Å². The van der Waals surface area contributed by atoms with Crippen LogP contribution in [0.15, 0.2) is 36.4 Å². The Labute approximate surface area is 160 Å². The van der Waals surface area contributed by atoms with Gasteiger partial charge in [0, 0.05) is 22.7 Å². The van der Waals surface area contributed by atoms with Crippen molar-refractivity contribution in [1.82, 2.24) is 5.32 Å². The van der Waals surface area contributed by atoms with Crippen LogP contribution in [0.2, 0.25) is 0 Å². The largest absolute Gasteiger partial charge is 0.494 e. The molecule has 0 spiro atoms. The van der Waals surface area contributed by atoms with E-state index in [-0.39, 0.29) is 11.9 Å². The Bertz CT molecular complexity index is 840. The van der Waals surface area contributed by atoms with Gasteiger partial charge >= 0.3 is 0 Å². The molecule has 0 amide bonds. The van der Waals surface area contributed by atoms with Gasteiger partial charge in [-0.1, -0.05) is 25.5 Å². The Balaban J connectivity index is 1.64. The second kappa shape index (κ2) is 7.73. The van der Waals surface area contributed by atoms with Crippen molar-refractivity contribution in [2.24, 2.45) is 0 Å². The summed E-state index contributed by atoms with van der Waals surface area (Å²) in [4.78, 5) is 12.9. The summed E-state index contributed by atoms with van der Waals surface area (Å²) in [6.07, 6.45) is 4.59. The van der Waals surface area contributed by atoms with Crippen molar-refractivity contribution in [3.63, 3.8) is 0 Å². The first-order valence-electron chi connectivity index (χ1n) is 10.0. The summed E-state index contributed by atoms with van der Waals surface area (Å²) in [5.74, 6) is 1.59. The molecule has 2 aliphatic rings. The minimum absolute atomic E-state index is 0.0517. The molecule has 1 N–H and O–H groups in total. The first kappa shape index (κ1) is 18.1. The topological polar surface area (TPSA) is 47.6 Å². The van der Waals surface area contributed by atoms with Crippen molar-refractivity contribution < 1.29 is 14.3 Å². The zero-order valence-corrected chi connectivity index (χ0v) is 16.1. The van der Waals surface area contributed by atoms with E-state index in [0.717, 1.165) is 47.6 Å². The lowest BCUT2D eigenvalue weighted by Gasteiger charge is -2.30. The van der Waals surface area contributed by atoms with Gasteiger partial charge in [-0.25, -0.2) is 0 Å². The van der Waals surface area contributed by atoms with Crippen LogP contribution in [0, 0.1) is 0 Å². The number of carbonyl (C=O) groups is 1. The van der Waals surface area contributed by atoms with Gasteiger partial charge in [-0.15, -0.1) is 0 Å². The fraction of sp³-hybridized carbons (Fsp3) is 0.435. The molecule has 0 aromatic heterocycles. The third-order valence-corrected chi connectivity index (χ3v) is 5.48. The monoisotopic (exact) mass is 365 g/mol. The molecule has 2 aromatic rings. The number of piperidine rings is 1. The molecule has 1 aliphatic carbocycles. The number of hydrogen-bond acceptors (Lipinski definition) is 4. The van der Waals surface area contributed by atoms with Crippen molar-refractivity contribution >= 4 is 5.78 Å². The van der Waals surface area contributed by atoms with Crippen molar-refractivity contribution in [2.45, 2.75) is 51.7 Å². The Morgan fingerprint density at radius 1 is 1.15 bits per heavy atom. The van der Waals surface area contributed by atoms with Crippen LogP contribution in [0.5, 0.6) is 11.5 Å². The molecule has 142 valence electrons. The van der Waals surface area contributed by atoms with Crippen LogP contribution in [0.4, 0.5) is 0 Å². The number of rotatable bonds is 6. The molecule has 1 aliphatic heterocycles. The molecule has 27 heavy (non-hydrogen) atoms. The Hall–Kier alpha value is -2.33. The third-order valence-electron chi connectivity index (χ3n) is 5.48. The highest BCUT2D eigenvalue weighted by atomic mass is 16.5. The van der Waals surface area contributed by atoms with E-state index in [9.17, 15) is 4.79 Å². The molecule has 1 heterocycles. The smallest absolute Gasteiger partial charge is 0.194 e. The summed E-state index contributed by atoms with van der Waals surface area (Å²) in [5, 5.41) is 3.55. The van der Waals surface area contributed by atoms with Gasteiger partial charge in [-0.3, -0.25) is 4.79 Å². The highest BCUT2D eigenvalue weighted by molar-refractivity contribution is 6.22. The maximum absolute atomic E-state index is 12.9. The lowest BCUT2D eigenvalue weighted by Crippen LogP contribution is -2.44. The molecule has 1 fully saturated rings. The molecule has 2 unspecified atom stereocenters. The van der Waals surface area contributed by atoms with Crippen molar-refractivity contribution in [3.05, 3.63) is 47.5 Å². The van der Waals surface area contributed by atoms with Gasteiger partial charge in [0.2, 0.25) is 0 Å². The molecule has 4 heteroatoms. The SMILES string of the molecule is CCCOc1ccc2c(c1)C(=O)c1cccc(OC(C)C3CCCCN3)c1-2. The fourth-order valence-electron chi connectivity index (χ4n) is 4.04. The van der Waals surface area contributed by atoms with Crippen LogP contribution in [-0.4, -0.2) is 31.1 Å². The second-order valence-electron chi connectivity index (χ2n) is 7.44. The van der Waals surface area contributed by atoms with E-state index < -0.39 is 0 Å². The maximum atomic E-state index is 12.9. The molecule has 4 nitrogen and oxygen atoms in total. The van der Waals surface area contributed by atoms with E-state index in [0.29, 0.717) is 18.2 Å². The summed E-state index contributed by atoms with van der Waals surface area (Å²) in [6.45, 7) is 5.88. The minimum Gasteiger partial charge on any atom is -0.494 e. The molecule has 2 aromatic carbocycles. The van der Waals surface area contributed by atoms with Crippen LogP contribution >= 0.6 is 0 Å². The van der Waals surface area contributed by atoms with E-state index in [1.54, 1.807) is 0 Å². The van der Waals surface area contributed by atoms with Crippen molar-refractivity contribution in [3.8, 4) is 22.6 Å². The average Bonchev–Trinajstić information content (AvgIpc) is 3.00. The standard InChI is InChI=1S/C23H27NO3/c1-3-13-26-16-10-11-17-19(14-16)23(25)18-7-6-9-21(22(17)18)27-15(2)20-8-4-5-12-24-20/h6-7,9-11,14-15,20,24H,3-5,8,12-13H2,1-2H3. The summed E-state index contributed by atoms with van der Waals surface area (Å²) in [7, 11) is 0. The highest BCUT2D eigenvalue weighted by Crippen LogP contribution is 2.44. The van der Waals surface area contributed by atoms with Gasteiger partial charge in [0.15, 0.2) is 5.78 Å². The molecule has 0 saturated carbocycles. The molecule has 0 bridgehead atoms. The van der Waals surface area contributed by atoms with Crippen molar-refractivity contribution in [1.29, 1.82) is 0 Å². The summed E-state index contributed by atoms with van der Waals surface area (Å²) >= 11 is 0. The predicted octanol–water partition coefficient (Wildman–Crippen LogP) is 4.60. The third kappa shape index (κ3) is 3.46. The molecule has 1 saturated heterocycles. The Morgan fingerprint density at radius 2 is 2.04 bits per heavy atom. The van der Waals surface area contributed by atoms with Crippen LogP contribution in [0.25, 0.3) is 11.1 Å². The number of nitrogens with one attached hydrogen (secondary N) is 1. The van der Waals surface area contributed by atoms with Gasteiger partial charge in [-0.2, -0.15) is 0 Å². The number of fused-ring (bicyclic) bond motifs is 3. The number of benzene rings is 2. The van der Waals surface area contributed by atoms with Crippen LogP contribution in [-0.2, 0) is 0 Å². The summed E-state index contributed by atoms with van der Waals surface area (Å²) in [5.41, 5.74) is 3.29. The van der Waals surface area contributed by atoms with Gasteiger partial charge in [0.1, 0.15) is 17.6 Å². The Kier molecular flexibility index (Phi) is 5.17. The lowest BCUT2D eigenvalue weighted by atomic mass is 10.0. The molecule has 2 atom stereocenters. The quantitative estimate of drug-likeness (QED) is 0.694. The number of ketones is 1. The van der Waals surface area contributed by atoms with E-state index in [1.807, 2.05) is 36.4 Å². The molecule has 4 rings (SSSR count). The maximum Gasteiger partial charge on any atom is 0.194 e.